The third-order valence-electron chi connectivity index (χ3n) is 6.90. The van der Waals surface area contributed by atoms with Gasteiger partial charge in [-0.15, -0.1) is 0 Å². The second-order valence-electron chi connectivity index (χ2n) is 9.46. The SMILES string of the molecule is CCC(C)(CO)C(=O)CN1C(=O)C(NC(=O)Nc2cccc(NC)c2)N=C(c2ccccn2)c2ccccc21. The molecule has 3 amide bonds. The van der Waals surface area contributed by atoms with Crippen LogP contribution in [0.15, 0.2) is 77.9 Å². The van der Waals surface area contributed by atoms with E-state index in [4.69, 9.17) is 0 Å². The van der Waals surface area contributed by atoms with Gasteiger partial charge in [-0.1, -0.05) is 44.2 Å². The summed E-state index contributed by atoms with van der Waals surface area (Å²) in [4.78, 5) is 50.7. The topological polar surface area (TPSA) is 136 Å². The maximum Gasteiger partial charge on any atom is 0.321 e. The van der Waals surface area contributed by atoms with E-state index in [0.29, 0.717) is 34.8 Å². The monoisotopic (exact) mass is 528 g/mol. The van der Waals surface area contributed by atoms with Crippen molar-refractivity contribution in [2.45, 2.75) is 26.4 Å². The van der Waals surface area contributed by atoms with Gasteiger partial charge in [0, 0.05) is 30.2 Å². The van der Waals surface area contributed by atoms with Crippen molar-refractivity contribution in [1.29, 1.82) is 0 Å². The molecule has 1 aliphatic heterocycles. The maximum atomic E-state index is 13.9. The minimum Gasteiger partial charge on any atom is -0.395 e. The molecule has 202 valence electrons. The van der Waals surface area contributed by atoms with Crippen LogP contribution in [0.3, 0.4) is 0 Å². The fourth-order valence-corrected chi connectivity index (χ4v) is 4.17. The molecule has 10 heteroatoms. The molecule has 2 unspecified atom stereocenters. The second kappa shape index (κ2) is 11.9. The lowest BCUT2D eigenvalue weighted by Crippen LogP contribution is -2.51. The number of amides is 3. The Morgan fingerprint density at radius 1 is 1.05 bits per heavy atom. The number of para-hydroxylation sites is 1. The first kappa shape index (κ1) is 27.5. The average Bonchev–Trinajstić information content (AvgIpc) is 3.08. The fraction of sp³-hybridized carbons (Fsp3) is 0.276. The van der Waals surface area contributed by atoms with Crippen LogP contribution < -0.4 is 20.9 Å². The Bertz CT molecular complexity index is 1390. The standard InChI is InChI=1S/C29H32N6O4/c1-4-29(2,18-36)24(37)17-35-23-14-6-5-12-21(23)25(22-13-7-8-15-31-22)33-26(27(35)38)34-28(39)32-20-11-9-10-19(16-20)30-3/h5-16,26,30,36H,4,17-18H2,1-3H3,(H2,32,34,39). The zero-order chi connectivity index (χ0) is 28.0. The quantitative estimate of drug-likeness (QED) is 0.336. The minimum atomic E-state index is -1.35. The molecule has 0 radical (unpaired) electrons. The van der Waals surface area contributed by atoms with Crippen LogP contribution in [0.25, 0.3) is 0 Å². The van der Waals surface area contributed by atoms with E-state index in [0.717, 1.165) is 5.69 Å². The van der Waals surface area contributed by atoms with Gasteiger partial charge in [0.05, 0.1) is 35.7 Å². The Labute approximate surface area is 227 Å². The highest BCUT2D eigenvalue weighted by atomic mass is 16.3. The van der Waals surface area contributed by atoms with E-state index in [1.165, 1.54) is 4.90 Å². The molecule has 3 aromatic rings. The lowest BCUT2D eigenvalue weighted by atomic mass is 9.83. The third kappa shape index (κ3) is 5.96. The Morgan fingerprint density at radius 2 is 1.79 bits per heavy atom. The maximum absolute atomic E-state index is 13.9. The largest absolute Gasteiger partial charge is 0.395 e. The van der Waals surface area contributed by atoms with Crippen molar-refractivity contribution < 1.29 is 19.5 Å². The number of rotatable bonds is 9. The summed E-state index contributed by atoms with van der Waals surface area (Å²) in [5.74, 6) is -0.888. The van der Waals surface area contributed by atoms with Gasteiger partial charge < -0.3 is 26.0 Å². The number of hydrogen-bond donors (Lipinski definition) is 4. The van der Waals surface area contributed by atoms with E-state index in [-0.39, 0.29) is 18.9 Å². The van der Waals surface area contributed by atoms with E-state index in [9.17, 15) is 19.5 Å². The van der Waals surface area contributed by atoms with E-state index in [2.05, 4.69) is 25.9 Å². The Hall–Kier alpha value is -4.57. The van der Waals surface area contributed by atoms with Gasteiger partial charge >= 0.3 is 6.03 Å². The molecule has 4 rings (SSSR count). The number of aliphatic hydroxyl groups is 1. The predicted octanol–water partition coefficient (Wildman–Crippen LogP) is 3.43. The van der Waals surface area contributed by atoms with Crippen molar-refractivity contribution in [3.05, 3.63) is 84.2 Å². The van der Waals surface area contributed by atoms with Crippen LogP contribution in [-0.4, -0.2) is 59.9 Å². The second-order valence-corrected chi connectivity index (χ2v) is 9.46. The number of hydrogen-bond acceptors (Lipinski definition) is 7. The number of Topliss-reactive ketones (excluding diaryl/α,β-unsaturated/α-hetero) is 1. The third-order valence-corrected chi connectivity index (χ3v) is 6.90. The average molecular weight is 529 g/mol. The summed E-state index contributed by atoms with van der Waals surface area (Å²) >= 11 is 0. The number of carbonyl (C=O) groups excluding carboxylic acids is 3. The Kier molecular flexibility index (Phi) is 8.36. The van der Waals surface area contributed by atoms with E-state index in [1.54, 1.807) is 80.8 Å². The smallest absolute Gasteiger partial charge is 0.321 e. The molecule has 0 saturated carbocycles. The van der Waals surface area contributed by atoms with Crippen molar-refractivity contribution in [3.63, 3.8) is 0 Å². The van der Waals surface area contributed by atoms with Gasteiger partial charge in [-0.05, 0) is 42.8 Å². The summed E-state index contributed by atoms with van der Waals surface area (Å²) in [7, 11) is 1.77. The summed E-state index contributed by atoms with van der Waals surface area (Å²) in [6.45, 7) is 2.83. The molecule has 2 aromatic carbocycles. The molecule has 0 bridgehead atoms. The van der Waals surface area contributed by atoms with Crippen LogP contribution in [0.4, 0.5) is 21.9 Å². The molecule has 4 N–H and O–H groups in total. The summed E-state index contributed by atoms with van der Waals surface area (Å²) in [6.07, 6.45) is 0.667. The number of benzene rings is 2. The van der Waals surface area contributed by atoms with Crippen LogP contribution in [0.2, 0.25) is 0 Å². The number of aliphatic imine (C=N–C) groups is 1. The lowest BCUT2D eigenvalue weighted by Gasteiger charge is -2.30. The molecule has 39 heavy (non-hydrogen) atoms. The number of pyridine rings is 1. The van der Waals surface area contributed by atoms with Gasteiger partial charge in [-0.3, -0.25) is 14.6 Å². The zero-order valence-electron chi connectivity index (χ0n) is 22.1. The molecule has 0 saturated heterocycles. The van der Waals surface area contributed by atoms with E-state index in [1.807, 2.05) is 13.0 Å². The first-order valence-corrected chi connectivity index (χ1v) is 12.7. The number of ketones is 1. The molecule has 2 heterocycles. The number of urea groups is 1. The van der Waals surface area contributed by atoms with Gasteiger partial charge in [0.2, 0.25) is 6.17 Å². The molecule has 1 aromatic heterocycles. The van der Waals surface area contributed by atoms with Gasteiger partial charge in [0.1, 0.15) is 0 Å². The molecule has 2 atom stereocenters. The summed E-state index contributed by atoms with van der Waals surface area (Å²) in [5.41, 5.74) is 2.26. The lowest BCUT2D eigenvalue weighted by molar-refractivity contribution is -0.130. The van der Waals surface area contributed by atoms with E-state index < -0.39 is 23.5 Å². The number of aliphatic hydroxyl groups excluding tert-OH is 1. The number of fused-ring (bicyclic) bond motifs is 1. The number of nitrogens with one attached hydrogen (secondary N) is 3. The number of anilines is 3. The van der Waals surface area contributed by atoms with Gasteiger partial charge in [-0.25, -0.2) is 9.79 Å². The van der Waals surface area contributed by atoms with Gasteiger partial charge in [-0.2, -0.15) is 0 Å². The van der Waals surface area contributed by atoms with Crippen molar-refractivity contribution in [1.82, 2.24) is 10.3 Å². The summed E-state index contributed by atoms with van der Waals surface area (Å²) in [5, 5.41) is 18.3. The van der Waals surface area contributed by atoms with Crippen molar-refractivity contribution in [2.75, 3.05) is 35.7 Å². The van der Waals surface area contributed by atoms with Crippen molar-refractivity contribution in [2.24, 2.45) is 10.4 Å². The highest BCUT2D eigenvalue weighted by molar-refractivity contribution is 6.20. The van der Waals surface area contributed by atoms with Crippen LogP contribution >= 0.6 is 0 Å². The fourth-order valence-electron chi connectivity index (χ4n) is 4.17. The molecular weight excluding hydrogens is 496 g/mol. The molecular formula is C29H32N6O4. The number of carbonyl (C=O) groups is 3. The Balaban J connectivity index is 1.74. The summed E-state index contributed by atoms with van der Waals surface area (Å²) in [6, 6.07) is 18.9. The molecule has 0 aliphatic carbocycles. The zero-order valence-corrected chi connectivity index (χ0v) is 22.1. The van der Waals surface area contributed by atoms with Crippen LogP contribution in [0, 0.1) is 5.41 Å². The molecule has 0 fully saturated rings. The van der Waals surface area contributed by atoms with Gasteiger partial charge in [0.25, 0.3) is 5.91 Å². The van der Waals surface area contributed by atoms with Crippen molar-refractivity contribution in [3.8, 4) is 0 Å². The van der Waals surface area contributed by atoms with Crippen molar-refractivity contribution >= 4 is 40.5 Å². The molecule has 0 spiro atoms. The predicted molar refractivity (Wildman–Crippen MR) is 151 cm³/mol. The highest BCUT2D eigenvalue weighted by Gasteiger charge is 2.38. The normalized spacial score (nSPS) is 16.3. The number of nitrogens with zero attached hydrogens (tertiary/aromatic N) is 3. The minimum absolute atomic E-state index is 0.296. The van der Waals surface area contributed by atoms with Crippen LogP contribution in [0.5, 0.6) is 0 Å². The van der Waals surface area contributed by atoms with E-state index >= 15 is 0 Å². The highest BCUT2D eigenvalue weighted by Crippen LogP contribution is 2.30. The molecule has 10 nitrogen and oxygen atoms in total. The summed E-state index contributed by atoms with van der Waals surface area (Å²) < 4.78 is 0. The van der Waals surface area contributed by atoms with Crippen LogP contribution in [-0.2, 0) is 9.59 Å². The Morgan fingerprint density at radius 3 is 2.49 bits per heavy atom. The number of aromatic nitrogens is 1. The van der Waals surface area contributed by atoms with Crippen LogP contribution in [0.1, 0.15) is 31.5 Å². The molecule has 1 aliphatic rings. The first-order chi connectivity index (χ1) is 18.8. The van der Waals surface area contributed by atoms with Gasteiger partial charge in [0.15, 0.2) is 5.78 Å². The number of benzodiazepines with no additional fused rings is 1. The first-order valence-electron chi connectivity index (χ1n) is 12.7.